The molecule has 0 bridgehead atoms. The van der Waals surface area contributed by atoms with Gasteiger partial charge in [0.1, 0.15) is 5.82 Å². The lowest BCUT2D eigenvalue weighted by molar-refractivity contribution is 0.0303. The molecule has 17 heavy (non-hydrogen) atoms. The zero-order valence-corrected chi connectivity index (χ0v) is 9.70. The number of amides is 1. The monoisotopic (exact) mass is 238 g/mol. The molecule has 0 aliphatic carbocycles. The first-order valence-electron chi connectivity index (χ1n) is 5.57. The van der Waals surface area contributed by atoms with Gasteiger partial charge in [0.2, 0.25) is 0 Å². The van der Waals surface area contributed by atoms with Crippen LogP contribution in [0.25, 0.3) is 0 Å². The Labute approximate surface area is 99.4 Å². The number of carbonyl (C=O) groups excluding carboxylic acids is 1. The normalized spacial score (nSPS) is 15.8. The summed E-state index contributed by atoms with van der Waals surface area (Å²) in [6, 6.07) is 4.51. The highest BCUT2D eigenvalue weighted by molar-refractivity contribution is 5.99. The van der Waals surface area contributed by atoms with Crippen molar-refractivity contribution in [2.75, 3.05) is 38.7 Å². The predicted molar refractivity (Wildman–Crippen MR) is 62.7 cm³/mol. The molecule has 92 valence electrons. The highest BCUT2D eigenvalue weighted by Crippen LogP contribution is 2.21. The van der Waals surface area contributed by atoms with E-state index in [1.54, 1.807) is 24.1 Å². The lowest BCUT2D eigenvalue weighted by atomic mass is 10.1. The molecule has 0 spiro atoms. The SMILES string of the molecule is CNc1c(F)cccc1C(=O)N1CCOCC1. The van der Waals surface area contributed by atoms with E-state index in [-0.39, 0.29) is 11.6 Å². The fraction of sp³-hybridized carbons (Fsp3) is 0.417. The first kappa shape index (κ1) is 11.9. The molecule has 0 radical (unpaired) electrons. The molecule has 1 N–H and O–H groups in total. The molecule has 0 atom stereocenters. The number of hydrogen-bond donors (Lipinski definition) is 1. The third-order valence-corrected chi connectivity index (χ3v) is 2.79. The Kier molecular flexibility index (Phi) is 3.58. The van der Waals surface area contributed by atoms with Crippen LogP contribution in [0.3, 0.4) is 0 Å². The highest BCUT2D eigenvalue weighted by atomic mass is 19.1. The van der Waals surface area contributed by atoms with Crippen molar-refractivity contribution in [1.82, 2.24) is 4.90 Å². The lowest BCUT2D eigenvalue weighted by Gasteiger charge is -2.27. The molecule has 0 saturated carbocycles. The maximum atomic E-state index is 13.5. The lowest BCUT2D eigenvalue weighted by Crippen LogP contribution is -2.41. The molecule has 1 aromatic carbocycles. The van der Waals surface area contributed by atoms with Crippen molar-refractivity contribution in [2.24, 2.45) is 0 Å². The molecule has 5 heteroatoms. The third kappa shape index (κ3) is 2.39. The summed E-state index contributed by atoms with van der Waals surface area (Å²) in [6.07, 6.45) is 0. The second-order valence-corrected chi connectivity index (χ2v) is 3.82. The molecule has 1 aliphatic rings. The molecule has 0 unspecified atom stereocenters. The van der Waals surface area contributed by atoms with Crippen molar-refractivity contribution in [3.63, 3.8) is 0 Å². The molecule has 1 heterocycles. The standard InChI is InChI=1S/C12H15FN2O2/c1-14-11-9(3-2-4-10(11)13)12(16)15-5-7-17-8-6-15/h2-4,14H,5-8H2,1H3. The molecular weight excluding hydrogens is 223 g/mol. The van der Waals surface area contributed by atoms with Gasteiger partial charge >= 0.3 is 0 Å². The van der Waals surface area contributed by atoms with Crippen LogP contribution < -0.4 is 5.32 Å². The minimum absolute atomic E-state index is 0.155. The Balaban J connectivity index is 2.26. The Morgan fingerprint density at radius 1 is 1.41 bits per heavy atom. The molecule has 1 amide bonds. The van der Waals surface area contributed by atoms with Crippen molar-refractivity contribution < 1.29 is 13.9 Å². The van der Waals surface area contributed by atoms with Crippen LogP contribution in [-0.4, -0.2) is 44.2 Å². The Bertz CT molecular complexity index is 417. The van der Waals surface area contributed by atoms with Crippen LogP contribution >= 0.6 is 0 Å². The van der Waals surface area contributed by atoms with Gasteiger partial charge in [0, 0.05) is 20.1 Å². The van der Waals surface area contributed by atoms with Crippen LogP contribution in [0.15, 0.2) is 18.2 Å². The van der Waals surface area contributed by atoms with Crippen molar-refractivity contribution in [3.8, 4) is 0 Å². The minimum Gasteiger partial charge on any atom is -0.385 e. The van der Waals surface area contributed by atoms with Crippen molar-refractivity contribution in [3.05, 3.63) is 29.6 Å². The Hall–Kier alpha value is -1.62. The predicted octanol–water partition coefficient (Wildman–Crippen LogP) is 1.34. The summed E-state index contributed by atoms with van der Waals surface area (Å²) in [5.74, 6) is -0.566. The van der Waals surface area contributed by atoms with E-state index >= 15 is 0 Å². The van der Waals surface area contributed by atoms with Crippen LogP contribution in [-0.2, 0) is 4.74 Å². The summed E-state index contributed by atoms with van der Waals surface area (Å²) >= 11 is 0. The van der Waals surface area contributed by atoms with Crippen LogP contribution in [0.5, 0.6) is 0 Å². The van der Waals surface area contributed by atoms with Gasteiger partial charge in [-0.05, 0) is 12.1 Å². The van der Waals surface area contributed by atoms with Gasteiger partial charge in [-0.15, -0.1) is 0 Å². The number of ether oxygens (including phenoxy) is 1. The van der Waals surface area contributed by atoms with Gasteiger partial charge in [-0.1, -0.05) is 6.07 Å². The molecule has 0 aromatic heterocycles. The van der Waals surface area contributed by atoms with E-state index in [9.17, 15) is 9.18 Å². The van der Waals surface area contributed by atoms with Crippen molar-refractivity contribution in [2.45, 2.75) is 0 Å². The fourth-order valence-electron chi connectivity index (χ4n) is 1.89. The first-order chi connectivity index (χ1) is 8.24. The molecular formula is C12H15FN2O2. The van der Waals surface area contributed by atoms with E-state index < -0.39 is 5.82 Å². The number of anilines is 1. The largest absolute Gasteiger partial charge is 0.385 e. The number of halogens is 1. The number of benzene rings is 1. The van der Waals surface area contributed by atoms with Crippen molar-refractivity contribution >= 4 is 11.6 Å². The maximum Gasteiger partial charge on any atom is 0.256 e. The third-order valence-electron chi connectivity index (χ3n) is 2.79. The van der Waals surface area contributed by atoms with Crippen LogP contribution in [0.4, 0.5) is 10.1 Å². The maximum absolute atomic E-state index is 13.5. The van der Waals surface area contributed by atoms with Gasteiger partial charge in [0.05, 0.1) is 24.5 Å². The van der Waals surface area contributed by atoms with E-state index in [0.717, 1.165) is 0 Å². The number of hydrogen-bond acceptors (Lipinski definition) is 3. The average molecular weight is 238 g/mol. The van der Waals surface area contributed by atoms with E-state index in [4.69, 9.17) is 4.74 Å². The summed E-state index contributed by atoms with van der Waals surface area (Å²) in [4.78, 5) is 13.9. The summed E-state index contributed by atoms with van der Waals surface area (Å²) in [7, 11) is 1.61. The smallest absolute Gasteiger partial charge is 0.256 e. The Morgan fingerprint density at radius 3 is 2.76 bits per heavy atom. The molecule has 1 aromatic rings. The van der Waals surface area contributed by atoms with E-state index in [1.165, 1.54) is 6.07 Å². The number of rotatable bonds is 2. The molecule has 1 saturated heterocycles. The van der Waals surface area contributed by atoms with E-state index in [1.807, 2.05) is 0 Å². The van der Waals surface area contributed by atoms with Crippen molar-refractivity contribution in [1.29, 1.82) is 0 Å². The van der Waals surface area contributed by atoms with Crippen LogP contribution in [0.2, 0.25) is 0 Å². The van der Waals surface area contributed by atoms with Gasteiger partial charge in [-0.2, -0.15) is 0 Å². The number of nitrogens with zero attached hydrogens (tertiary/aromatic N) is 1. The fourth-order valence-corrected chi connectivity index (χ4v) is 1.89. The molecule has 1 fully saturated rings. The number of morpholine rings is 1. The van der Waals surface area contributed by atoms with E-state index in [2.05, 4.69) is 5.32 Å². The van der Waals surface area contributed by atoms with Gasteiger partial charge in [-0.25, -0.2) is 4.39 Å². The summed E-state index contributed by atoms with van der Waals surface area (Å²) in [5.41, 5.74) is 0.624. The zero-order chi connectivity index (χ0) is 12.3. The molecule has 4 nitrogen and oxygen atoms in total. The van der Waals surface area contributed by atoms with Gasteiger partial charge < -0.3 is 15.0 Å². The number of nitrogens with one attached hydrogen (secondary N) is 1. The van der Waals surface area contributed by atoms with Crippen LogP contribution in [0.1, 0.15) is 10.4 Å². The average Bonchev–Trinajstić information content (AvgIpc) is 2.38. The molecule has 1 aliphatic heterocycles. The van der Waals surface area contributed by atoms with Crippen LogP contribution in [0, 0.1) is 5.82 Å². The summed E-state index contributed by atoms with van der Waals surface area (Å²) in [5, 5.41) is 2.73. The zero-order valence-electron chi connectivity index (χ0n) is 9.70. The van der Waals surface area contributed by atoms with Gasteiger partial charge in [0.25, 0.3) is 5.91 Å². The minimum atomic E-state index is -0.411. The Morgan fingerprint density at radius 2 is 2.12 bits per heavy atom. The number of para-hydroxylation sites is 1. The number of carbonyl (C=O) groups is 1. The second-order valence-electron chi connectivity index (χ2n) is 3.82. The summed E-state index contributed by atoms with van der Waals surface area (Å²) < 4.78 is 18.7. The topological polar surface area (TPSA) is 41.6 Å². The quantitative estimate of drug-likeness (QED) is 0.845. The second kappa shape index (κ2) is 5.14. The van der Waals surface area contributed by atoms with Gasteiger partial charge in [-0.3, -0.25) is 4.79 Å². The first-order valence-corrected chi connectivity index (χ1v) is 5.57. The summed E-state index contributed by atoms with van der Waals surface area (Å²) in [6.45, 7) is 2.18. The molecule has 2 rings (SSSR count). The van der Waals surface area contributed by atoms with Gasteiger partial charge in [0.15, 0.2) is 0 Å². The highest BCUT2D eigenvalue weighted by Gasteiger charge is 2.21. The van der Waals surface area contributed by atoms with E-state index in [0.29, 0.717) is 31.9 Å².